The third-order valence-electron chi connectivity index (χ3n) is 7.59. The monoisotopic (exact) mass is 431 g/mol. The number of hydrogen-bond donors (Lipinski definition) is 0. The first kappa shape index (κ1) is 23.1. The van der Waals surface area contributed by atoms with Crippen LogP contribution in [-0.4, -0.2) is 26.3 Å². The maximum absolute atomic E-state index is 5.51. The molecule has 3 aliphatic rings. The molecule has 172 valence electrons. The van der Waals surface area contributed by atoms with E-state index < -0.39 is 0 Å². The van der Waals surface area contributed by atoms with E-state index in [4.69, 9.17) is 4.74 Å². The molecule has 0 spiro atoms. The highest BCUT2D eigenvalue weighted by atomic mass is 16.5. The molecule has 1 aliphatic heterocycles. The summed E-state index contributed by atoms with van der Waals surface area (Å²) in [6.45, 7) is 9.99. The van der Waals surface area contributed by atoms with Gasteiger partial charge < -0.3 is 9.64 Å². The molecule has 1 heterocycles. The van der Waals surface area contributed by atoms with Crippen LogP contribution in [-0.2, 0) is 10.2 Å². The van der Waals surface area contributed by atoms with Crippen molar-refractivity contribution in [2.45, 2.75) is 77.0 Å². The zero-order chi connectivity index (χ0) is 22.4. The number of anilines is 1. The van der Waals surface area contributed by atoms with E-state index in [1.165, 1.54) is 61.8 Å². The molecule has 32 heavy (non-hydrogen) atoms. The van der Waals surface area contributed by atoms with Crippen LogP contribution in [0.1, 0.15) is 88.3 Å². The Balaban J connectivity index is 0.00000119. The van der Waals surface area contributed by atoms with Gasteiger partial charge in [-0.25, -0.2) is 0 Å². The van der Waals surface area contributed by atoms with Crippen molar-refractivity contribution in [3.8, 4) is 0 Å². The van der Waals surface area contributed by atoms with Gasteiger partial charge in [-0.15, -0.1) is 0 Å². The van der Waals surface area contributed by atoms with Gasteiger partial charge in [0.2, 0.25) is 0 Å². The normalized spacial score (nSPS) is 23.8. The molecule has 2 heteroatoms. The largest absolute Gasteiger partial charge is 0.378 e. The van der Waals surface area contributed by atoms with Crippen LogP contribution in [0.15, 0.2) is 54.6 Å². The highest BCUT2D eigenvalue weighted by Crippen LogP contribution is 2.65. The standard InChI is InChI=1S/C28H35NO.C2H6/c1-2-3-4-5-8-22-15-16-28(21-27(28)26-10-7-6-9-25(22)26)23-11-13-24(14-12-23)29-17-19-30-20-18-29;1-2/h6-7,9-15,27H,2-5,8,16-21H2,1H3;1-2H3. The Kier molecular flexibility index (Phi) is 7.73. The number of rotatable bonds is 7. The summed E-state index contributed by atoms with van der Waals surface area (Å²) in [6, 6.07) is 18.7. The highest BCUT2D eigenvalue weighted by molar-refractivity contribution is 5.72. The maximum atomic E-state index is 5.51. The average Bonchev–Trinajstić information content (AvgIpc) is 3.62. The topological polar surface area (TPSA) is 12.5 Å². The van der Waals surface area contributed by atoms with Crippen molar-refractivity contribution in [3.63, 3.8) is 0 Å². The smallest absolute Gasteiger partial charge is 0.0642 e. The predicted octanol–water partition coefficient (Wildman–Crippen LogP) is 7.73. The van der Waals surface area contributed by atoms with Gasteiger partial charge in [0, 0.05) is 24.2 Å². The first-order chi connectivity index (χ1) is 15.8. The molecule has 0 aromatic heterocycles. The predicted molar refractivity (Wildman–Crippen MR) is 138 cm³/mol. The Morgan fingerprint density at radius 3 is 2.44 bits per heavy atom. The molecule has 0 amide bonds. The van der Waals surface area contributed by atoms with Crippen molar-refractivity contribution in [2.75, 3.05) is 31.2 Å². The third-order valence-corrected chi connectivity index (χ3v) is 7.59. The second-order valence-electron chi connectivity index (χ2n) is 9.39. The van der Waals surface area contributed by atoms with Crippen LogP contribution in [0.4, 0.5) is 5.69 Å². The van der Waals surface area contributed by atoms with Gasteiger partial charge in [0.1, 0.15) is 0 Å². The van der Waals surface area contributed by atoms with E-state index in [0.717, 1.165) is 26.3 Å². The van der Waals surface area contributed by atoms with Crippen molar-refractivity contribution >= 4 is 11.3 Å². The Morgan fingerprint density at radius 2 is 1.69 bits per heavy atom. The van der Waals surface area contributed by atoms with Crippen LogP contribution in [0.5, 0.6) is 0 Å². The van der Waals surface area contributed by atoms with E-state index in [1.54, 1.807) is 11.1 Å². The fourth-order valence-electron chi connectivity index (χ4n) is 5.69. The molecule has 2 aliphatic carbocycles. The summed E-state index contributed by atoms with van der Waals surface area (Å²) in [5.74, 6) is 0.673. The van der Waals surface area contributed by atoms with E-state index in [-0.39, 0.29) is 0 Å². The summed E-state index contributed by atoms with van der Waals surface area (Å²) in [5, 5.41) is 0. The molecule has 2 nitrogen and oxygen atoms in total. The minimum absolute atomic E-state index is 0.310. The maximum Gasteiger partial charge on any atom is 0.0642 e. The molecule has 2 unspecified atom stereocenters. The zero-order valence-corrected chi connectivity index (χ0v) is 20.4. The van der Waals surface area contributed by atoms with Crippen LogP contribution in [0.2, 0.25) is 0 Å². The van der Waals surface area contributed by atoms with Gasteiger partial charge in [-0.1, -0.05) is 82.5 Å². The Bertz CT molecular complexity index is 893. The average molecular weight is 432 g/mol. The summed E-state index contributed by atoms with van der Waals surface area (Å²) in [4.78, 5) is 2.45. The Hall–Kier alpha value is -2.06. The minimum Gasteiger partial charge on any atom is -0.378 e. The lowest BCUT2D eigenvalue weighted by Crippen LogP contribution is -2.36. The molecule has 0 N–H and O–H groups in total. The SMILES string of the molecule is CC.CCCCCCC1=CCC2(c3ccc(N4CCOCC4)cc3)CC2c2ccccc21. The number of unbranched alkanes of at least 4 members (excludes halogenated alkanes) is 3. The summed E-state index contributed by atoms with van der Waals surface area (Å²) in [7, 11) is 0. The van der Waals surface area contributed by atoms with Crippen LogP contribution in [0.3, 0.4) is 0 Å². The second-order valence-corrected chi connectivity index (χ2v) is 9.39. The lowest BCUT2D eigenvalue weighted by Gasteiger charge is -2.29. The molecular formula is C30H41NO. The van der Waals surface area contributed by atoms with E-state index in [0.29, 0.717) is 11.3 Å². The molecule has 1 saturated heterocycles. The number of hydrogen-bond acceptors (Lipinski definition) is 2. The number of allylic oxidation sites excluding steroid dienone is 2. The van der Waals surface area contributed by atoms with Gasteiger partial charge in [-0.05, 0) is 66.0 Å². The van der Waals surface area contributed by atoms with Crippen molar-refractivity contribution in [1.29, 1.82) is 0 Å². The van der Waals surface area contributed by atoms with Crippen molar-refractivity contribution in [3.05, 3.63) is 71.3 Å². The third kappa shape index (κ3) is 4.66. The molecule has 0 radical (unpaired) electrons. The van der Waals surface area contributed by atoms with E-state index >= 15 is 0 Å². The molecule has 1 saturated carbocycles. The molecule has 5 rings (SSSR count). The highest BCUT2D eigenvalue weighted by Gasteiger charge is 2.56. The zero-order valence-electron chi connectivity index (χ0n) is 20.4. The fraction of sp³-hybridized carbons (Fsp3) is 0.533. The molecule has 2 fully saturated rings. The fourth-order valence-corrected chi connectivity index (χ4v) is 5.69. The lowest BCUT2D eigenvalue weighted by atomic mass is 9.88. The lowest BCUT2D eigenvalue weighted by molar-refractivity contribution is 0.122. The summed E-state index contributed by atoms with van der Waals surface area (Å²) in [5.41, 5.74) is 7.90. The Labute approximate surface area is 195 Å². The number of benzene rings is 2. The molecular weight excluding hydrogens is 390 g/mol. The first-order valence-corrected chi connectivity index (χ1v) is 13.0. The quantitative estimate of drug-likeness (QED) is 0.416. The van der Waals surface area contributed by atoms with Crippen molar-refractivity contribution < 1.29 is 4.74 Å². The number of nitrogens with zero attached hydrogens (tertiary/aromatic N) is 1. The van der Waals surface area contributed by atoms with E-state index in [1.807, 2.05) is 13.8 Å². The van der Waals surface area contributed by atoms with E-state index in [9.17, 15) is 0 Å². The minimum atomic E-state index is 0.310. The van der Waals surface area contributed by atoms with Crippen molar-refractivity contribution in [2.24, 2.45) is 0 Å². The summed E-state index contributed by atoms with van der Waals surface area (Å²) in [6.07, 6.45) is 11.6. The number of fused-ring (bicyclic) bond motifs is 3. The van der Waals surface area contributed by atoms with Crippen LogP contribution < -0.4 is 4.90 Å². The van der Waals surface area contributed by atoms with Crippen LogP contribution >= 0.6 is 0 Å². The van der Waals surface area contributed by atoms with Gasteiger partial charge in [-0.2, -0.15) is 0 Å². The molecule has 2 aromatic carbocycles. The van der Waals surface area contributed by atoms with E-state index in [2.05, 4.69) is 66.4 Å². The number of morpholine rings is 1. The van der Waals surface area contributed by atoms with Gasteiger partial charge in [0.05, 0.1) is 13.2 Å². The van der Waals surface area contributed by atoms with Crippen LogP contribution in [0, 0.1) is 0 Å². The van der Waals surface area contributed by atoms with Gasteiger partial charge >= 0.3 is 0 Å². The number of ether oxygens (including phenoxy) is 1. The van der Waals surface area contributed by atoms with Gasteiger partial charge in [-0.3, -0.25) is 0 Å². The first-order valence-electron chi connectivity index (χ1n) is 13.0. The van der Waals surface area contributed by atoms with Crippen molar-refractivity contribution in [1.82, 2.24) is 0 Å². The Morgan fingerprint density at radius 1 is 0.938 bits per heavy atom. The summed E-state index contributed by atoms with van der Waals surface area (Å²) < 4.78 is 5.51. The van der Waals surface area contributed by atoms with Gasteiger partial charge in [0.25, 0.3) is 0 Å². The molecule has 0 bridgehead atoms. The second kappa shape index (κ2) is 10.7. The molecule has 2 atom stereocenters. The summed E-state index contributed by atoms with van der Waals surface area (Å²) >= 11 is 0. The molecule has 2 aromatic rings. The van der Waals surface area contributed by atoms with Gasteiger partial charge in [0.15, 0.2) is 0 Å². The van der Waals surface area contributed by atoms with Crippen LogP contribution in [0.25, 0.3) is 5.57 Å².